The average molecular weight is 797 g/mol. The van der Waals surface area contributed by atoms with E-state index in [1.165, 1.54) is 37.6 Å². The highest BCUT2D eigenvalue weighted by Gasteiger charge is 2.34. The second-order valence-electron chi connectivity index (χ2n) is 13.9. The molecule has 13 heteroatoms. The number of rotatable bonds is 14. The summed E-state index contributed by atoms with van der Waals surface area (Å²) in [6.45, 7) is 9.16. The predicted molar refractivity (Wildman–Crippen MR) is 218 cm³/mol. The molecule has 0 saturated carbocycles. The second-order valence-corrected chi connectivity index (χ2v) is 13.9. The molecule has 6 rings (SSSR count). The van der Waals surface area contributed by atoms with Gasteiger partial charge in [0, 0.05) is 35.9 Å². The van der Waals surface area contributed by atoms with E-state index >= 15 is 0 Å². The van der Waals surface area contributed by atoms with Gasteiger partial charge in [-0.1, -0.05) is 72.3 Å². The Bertz CT molecular complexity index is 2110. The van der Waals surface area contributed by atoms with E-state index in [9.17, 15) is 29.2 Å². The number of carbonyl (C=O) groups is 5. The first-order valence-corrected chi connectivity index (χ1v) is 19.9. The van der Waals surface area contributed by atoms with E-state index in [1.807, 2.05) is 6.07 Å². The minimum Gasteiger partial charge on any atom is -0.465 e. The Labute approximate surface area is 344 Å². The SMILES string of the molecule is CCCCC(CC)COC(=O)/C(C#N)=C1\c2cccnc2C(=O)c2cccnc21.CCCCC(CC)COC(=O)CC#N.O=C1c2cccnc2C(=O)c2cccnc21. The van der Waals surface area contributed by atoms with Gasteiger partial charge in [-0.05, 0) is 67.1 Å². The second kappa shape index (κ2) is 22.9. The summed E-state index contributed by atoms with van der Waals surface area (Å²) in [5.41, 5.74) is 2.51. The summed E-state index contributed by atoms with van der Waals surface area (Å²) in [7, 11) is 0. The highest BCUT2D eigenvalue weighted by Crippen LogP contribution is 2.36. The van der Waals surface area contributed by atoms with Crippen LogP contribution in [0, 0.1) is 34.5 Å². The van der Waals surface area contributed by atoms with Gasteiger partial charge in [0.25, 0.3) is 0 Å². The van der Waals surface area contributed by atoms with Gasteiger partial charge in [-0.3, -0.25) is 39.1 Å². The van der Waals surface area contributed by atoms with Gasteiger partial charge in [-0.15, -0.1) is 0 Å². The molecule has 4 aromatic heterocycles. The van der Waals surface area contributed by atoms with E-state index in [-0.39, 0.29) is 59.0 Å². The third kappa shape index (κ3) is 11.4. The summed E-state index contributed by atoms with van der Waals surface area (Å²) >= 11 is 0. The molecule has 0 aliphatic heterocycles. The van der Waals surface area contributed by atoms with Gasteiger partial charge in [0.1, 0.15) is 35.1 Å². The van der Waals surface area contributed by atoms with E-state index in [1.54, 1.807) is 54.6 Å². The number of hydrogen-bond acceptors (Lipinski definition) is 13. The van der Waals surface area contributed by atoms with E-state index < -0.39 is 11.9 Å². The molecule has 0 spiro atoms. The summed E-state index contributed by atoms with van der Waals surface area (Å²) in [4.78, 5) is 76.9. The maximum atomic E-state index is 12.8. The van der Waals surface area contributed by atoms with Crippen LogP contribution in [0.5, 0.6) is 0 Å². The molecule has 2 unspecified atom stereocenters. The molecule has 304 valence electrons. The van der Waals surface area contributed by atoms with Gasteiger partial charge in [0.15, 0.2) is 0 Å². The Morgan fingerprint density at radius 2 is 1.02 bits per heavy atom. The van der Waals surface area contributed by atoms with Gasteiger partial charge in [-0.25, -0.2) is 4.79 Å². The number of carbonyl (C=O) groups excluding carboxylic acids is 5. The zero-order chi connectivity index (χ0) is 42.7. The summed E-state index contributed by atoms with van der Waals surface area (Å²) < 4.78 is 10.5. The molecule has 0 N–H and O–H groups in total. The van der Waals surface area contributed by atoms with Gasteiger partial charge >= 0.3 is 11.9 Å². The maximum absolute atomic E-state index is 12.8. The van der Waals surface area contributed by atoms with Crippen molar-refractivity contribution in [2.45, 2.75) is 85.5 Å². The molecule has 2 atom stereocenters. The minimum absolute atomic E-state index is 0.135. The van der Waals surface area contributed by atoms with E-state index in [0.29, 0.717) is 46.0 Å². The lowest BCUT2D eigenvalue weighted by molar-refractivity contribution is -0.144. The van der Waals surface area contributed by atoms with Crippen molar-refractivity contribution in [2.75, 3.05) is 13.2 Å². The fourth-order valence-corrected chi connectivity index (χ4v) is 6.47. The molecular weight excluding hydrogens is 749 g/mol. The van der Waals surface area contributed by atoms with Crippen molar-refractivity contribution in [1.29, 1.82) is 10.5 Å². The number of nitrogens with zero attached hydrogens (tertiary/aromatic N) is 6. The number of aromatic nitrogens is 4. The molecular formula is C46H48N6O7. The van der Waals surface area contributed by atoms with Gasteiger partial charge in [-0.2, -0.15) is 10.5 Å². The molecule has 13 nitrogen and oxygen atoms in total. The van der Waals surface area contributed by atoms with Crippen molar-refractivity contribution in [1.82, 2.24) is 19.9 Å². The first-order valence-electron chi connectivity index (χ1n) is 19.9. The number of fused-ring (bicyclic) bond motifs is 4. The summed E-state index contributed by atoms with van der Waals surface area (Å²) in [5, 5.41) is 18.0. The first kappa shape index (κ1) is 45.0. The third-order valence-corrected chi connectivity index (χ3v) is 9.92. The molecule has 0 radical (unpaired) electrons. The molecule has 4 heterocycles. The van der Waals surface area contributed by atoms with Crippen molar-refractivity contribution in [3.8, 4) is 12.1 Å². The van der Waals surface area contributed by atoms with Crippen LogP contribution < -0.4 is 0 Å². The number of hydrogen-bond donors (Lipinski definition) is 0. The molecule has 4 aromatic rings. The zero-order valence-corrected chi connectivity index (χ0v) is 33.9. The van der Waals surface area contributed by atoms with Crippen molar-refractivity contribution >= 4 is 34.9 Å². The van der Waals surface area contributed by atoms with Crippen molar-refractivity contribution < 1.29 is 33.4 Å². The summed E-state index contributed by atoms with van der Waals surface area (Å²) in [5.74, 6) is -1.13. The lowest BCUT2D eigenvalue weighted by Crippen LogP contribution is -2.23. The van der Waals surface area contributed by atoms with Crippen LogP contribution in [-0.2, 0) is 19.1 Å². The quantitative estimate of drug-likeness (QED) is 0.0583. The Kier molecular flexibility index (Phi) is 17.4. The van der Waals surface area contributed by atoms with E-state index in [0.717, 1.165) is 38.5 Å². The van der Waals surface area contributed by atoms with Crippen LogP contribution in [0.2, 0.25) is 0 Å². The molecule has 2 aliphatic carbocycles. The Balaban J connectivity index is 0.000000216. The highest BCUT2D eigenvalue weighted by molar-refractivity contribution is 6.26. The maximum Gasteiger partial charge on any atom is 0.349 e. The van der Waals surface area contributed by atoms with Gasteiger partial charge in [0.05, 0.1) is 41.7 Å². The third-order valence-electron chi connectivity index (χ3n) is 9.92. The molecule has 0 amide bonds. The van der Waals surface area contributed by atoms with E-state index in [4.69, 9.17) is 14.7 Å². The Morgan fingerprint density at radius 1 is 0.610 bits per heavy atom. The number of pyridine rings is 4. The Morgan fingerprint density at radius 3 is 1.44 bits per heavy atom. The van der Waals surface area contributed by atoms with Crippen molar-refractivity contribution in [3.63, 3.8) is 0 Å². The number of esters is 2. The molecule has 0 saturated heterocycles. The fraction of sp³-hybridized carbons (Fsp3) is 0.370. The van der Waals surface area contributed by atoms with Crippen molar-refractivity contribution in [3.05, 3.63) is 124 Å². The highest BCUT2D eigenvalue weighted by atomic mass is 16.5. The first-order chi connectivity index (χ1) is 28.6. The monoisotopic (exact) mass is 796 g/mol. The molecule has 59 heavy (non-hydrogen) atoms. The number of ketones is 3. The average Bonchev–Trinajstić information content (AvgIpc) is 3.27. The number of unbranched alkanes of at least 4 members (excludes halogenated alkanes) is 2. The van der Waals surface area contributed by atoms with Crippen LogP contribution in [0.15, 0.2) is 78.9 Å². The molecule has 2 aliphatic rings. The standard InChI is InChI=1S/C23H23N3O3.C12H6N2O2.C11H19NO2/c1-3-5-8-15(4-2)14-29-23(28)18(13-24)19-16-9-6-12-26-21(16)22(27)17-10-7-11-25-20(17)19;15-11-7-3-1-5-13-9(7)12(16)8-4-2-6-14-10(8)11;1-3-5-6-10(4-2)9-14-11(13)7-8-12/h6-7,9-12,15H,3-5,8,14H2,1-2H3;1-6H;10H,3-7,9H2,1-2H3/b19-18+;;. The lowest BCUT2D eigenvalue weighted by atomic mass is 9.85. The predicted octanol–water partition coefficient (Wildman–Crippen LogP) is 8.02. The zero-order valence-electron chi connectivity index (χ0n) is 33.9. The van der Waals surface area contributed by atoms with Crippen LogP contribution in [0.3, 0.4) is 0 Å². The fourth-order valence-electron chi connectivity index (χ4n) is 6.47. The van der Waals surface area contributed by atoms with E-state index in [2.05, 4.69) is 47.6 Å². The summed E-state index contributed by atoms with van der Waals surface area (Å²) in [6.07, 6.45) is 14.4. The van der Waals surface area contributed by atoms with Crippen LogP contribution in [-0.4, -0.2) is 62.4 Å². The number of nitriles is 2. The molecule has 0 bridgehead atoms. The van der Waals surface area contributed by atoms with Gasteiger partial charge in [0.2, 0.25) is 17.3 Å². The normalized spacial score (nSPS) is 13.8. The van der Waals surface area contributed by atoms with Crippen LogP contribution in [0.25, 0.3) is 5.57 Å². The smallest absolute Gasteiger partial charge is 0.349 e. The topological polar surface area (TPSA) is 203 Å². The van der Waals surface area contributed by atoms with Crippen molar-refractivity contribution in [2.24, 2.45) is 11.8 Å². The summed E-state index contributed by atoms with van der Waals surface area (Å²) in [6, 6.07) is 16.8. The van der Waals surface area contributed by atoms with Crippen LogP contribution in [0.4, 0.5) is 0 Å². The Hall–Kier alpha value is -6.73. The minimum atomic E-state index is -0.696. The van der Waals surface area contributed by atoms with Crippen LogP contribution in [0.1, 0.15) is 145 Å². The molecule has 0 aromatic carbocycles. The number of ether oxygens (including phenoxy) is 2. The lowest BCUT2D eigenvalue weighted by Gasteiger charge is -2.21. The van der Waals surface area contributed by atoms with Crippen LogP contribution >= 0.6 is 0 Å². The largest absolute Gasteiger partial charge is 0.465 e. The molecule has 0 fully saturated rings. The van der Waals surface area contributed by atoms with Gasteiger partial charge < -0.3 is 9.47 Å².